The van der Waals surface area contributed by atoms with E-state index in [1.54, 1.807) is 0 Å². The van der Waals surface area contributed by atoms with Crippen molar-refractivity contribution in [3.05, 3.63) is 12.8 Å². The van der Waals surface area contributed by atoms with Crippen LogP contribution in [0.3, 0.4) is 0 Å². The molecule has 0 spiro atoms. The molecule has 0 aromatic rings. The number of nitrogens with zero attached hydrogens (tertiary/aromatic N) is 1. The van der Waals surface area contributed by atoms with Crippen molar-refractivity contribution in [1.29, 1.82) is 0 Å². The lowest BCUT2D eigenvalue weighted by Crippen LogP contribution is -2.24. The molecule has 0 aliphatic rings. The third kappa shape index (κ3) is 6.47. The molecule has 0 radical (unpaired) electrons. The van der Waals surface area contributed by atoms with Crippen LogP contribution in [0, 0.1) is 0 Å². The SMILES string of the molecule is C=CN=[SH](CCCC)(CCCC)CCCC. The second-order valence-electron chi connectivity index (χ2n) is 4.62. The van der Waals surface area contributed by atoms with E-state index < -0.39 is 9.82 Å². The third-order valence-electron chi connectivity index (χ3n) is 3.11. The summed E-state index contributed by atoms with van der Waals surface area (Å²) in [6.07, 6.45) is 9.76. The molecule has 0 atom stereocenters. The van der Waals surface area contributed by atoms with Crippen molar-refractivity contribution in [2.75, 3.05) is 17.3 Å². The Morgan fingerprint density at radius 1 is 0.875 bits per heavy atom. The maximum absolute atomic E-state index is 4.84. The first-order valence-corrected chi connectivity index (χ1v) is 9.23. The van der Waals surface area contributed by atoms with Crippen molar-refractivity contribution in [3.63, 3.8) is 0 Å². The first-order valence-electron chi connectivity index (χ1n) is 6.94. The van der Waals surface area contributed by atoms with Crippen molar-refractivity contribution >= 4 is 9.82 Å². The second-order valence-corrected chi connectivity index (χ2v) is 8.39. The van der Waals surface area contributed by atoms with Gasteiger partial charge in [0.15, 0.2) is 0 Å². The molecule has 0 heterocycles. The molecule has 0 aliphatic heterocycles. The molecule has 98 valence electrons. The van der Waals surface area contributed by atoms with Gasteiger partial charge in [0.25, 0.3) is 0 Å². The van der Waals surface area contributed by atoms with Crippen LogP contribution in [0.15, 0.2) is 17.1 Å². The monoisotopic (exact) mass is 245 g/mol. The highest BCUT2D eigenvalue weighted by molar-refractivity contribution is 8.05. The van der Waals surface area contributed by atoms with Crippen LogP contribution >= 0.6 is 0 Å². The standard InChI is InChI=1S/C14H31NS/c1-5-9-12-16(15-8-4,13-10-6-2)14-11-7-3/h8,16H,4-7,9-14H2,1-3H3. The van der Waals surface area contributed by atoms with Crippen molar-refractivity contribution < 1.29 is 0 Å². The van der Waals surface area contributed by atoms with E-state index in [-0.39, 0.29) is 0 Å². The average Bonchev–Trinajstić information content (AvgIpc) is 2.31. The number of rotatable bonds is 10. The zero-order valence-corrected chi connectivity index (χ0v) is 12.4. The van der Waals surface area contributed by atoms with E-state index in [0.717, 1.165) is 0 Å². The summed E-state index contributed by atoms with van der Waals surface area (Å²) in [5.74, 6) is 4.07. The summed E-state index contributed by atoms with van der Waals surface area (Å²) in [6, 6.07) is 0. The van der Waals surface area contributed by atoms with Gasteiger partial charge < -0.3 is 0 Å². The van der Waals surface area contributed by atoms with Gasteiger partial charge in [0.2, 0.25) is 0 Å². The fraction of sp³-hybridized carbons (Fsp3) is 0.857. The lowest BCUT2D eigenvalue weighted by molar-refractivity contribution is 0.847. The summed E-state index contributed by atoms with van der Waals surface area (Å²) in [5, 5.41) is 0. The fourth-order valence-corrected chi connectivity index (χ4v) is 6.12. The maximum Gasteiger partial charge on any atom is 0.0249 e. The molecule has 0 fully saturated rings. The number of hydrogen-bond acceptors (Lipinski definition) is 1. The summed E-state index contributed by atoms with van der Waals surface area (Å²) in [4.78, 5) is 0. The molecular formula is C14H31NS. The Labute approximate surface area is 104 Å². The molecule has 0 unspecified atom stereocenters. The van der Waals surface area contributed by atoms with Gasteiger partial charge in [-0.1, -0.05) is 46.6 Å². The van der Waals surface area contributed by atoms with Crippen LogP contribution in [0.2, 0.25) is 0 Å². The minimum Gasteiger partial charge on any atom is -0.257 e. The summed E-state index contributed by atoms with van der Waals surface area (Å²) in [7, 11) is -1.04. The molecule has 16 heavy (non-hydrogen) atoms. The largest absolute Gasteiger partial charge is 0.257 e. The smallest absolute Gasteiger partial charge is 0.0249 e. The van der Waals surface area contributed by atoms with Gasteiger partial charge in [0.05, 0.1) is 0 Å². The Balaban J connectivity index is 4.59. The first-order chi connectivity index (χ1) is 7.74. The van der Waals surface area contributed by atoms with E-state index in [1.807, 2.05) is 6.20 Å². The van der Waals surface area contributed by atoms with Gasteiger partial charge in [-0.05, 0) is 36.5 Å². The van der Waals surface area contributed by atoms with E-state index in [0.29, 0.717) is 0 Å². The molecule has 0 bridgehead atoms. The molecule has 0 aliphatic carbocycles. The van der Waals surface area contributed by atoms with Crippen molar-refractivity contribution in [3.8, 4) is 0 Å². The van der Waals surface area contributed by atoms with E-state index in [1.165, 1.54) is 55.8 Å². The highest BCUT2D eigenvalue weighted by Crippen LogP contribution is 2.18. The molecule has 0 amide bonds. The van der Waals surface area contributed by atoms with Crippen molar-refractivity contribution in [2.24, 2.45) is 4.36 Å². The van der Waals surface area contributed by atoms with Crippen LogP contribution in [-0.4, -0.2) is 17.3 Å². The summed E-state index contributed by atoms with van der Waals surface area (Å²) in [5.41, 5.74) is 0. The Morgan fingerprint density at radius 2 is 1.25 bits per heavy atom. The van der Waals surface area contributed by atoms with Crippen LogP contribution in [0.5, 0.6) is 0 Å². The average molecular weight is 245 g/mol. The maximum atomic E-state index is 4.84. The van der Waals surface area contributed by atoms with E-state index in [4.69, 9.17) is 4.36 Å². The highest BCUT2D eigenvalue weighted by atomic mass is 32.2. The molecule has 1 nitrogen and oxygen atoms in total. The van der Waals surface area contributed by atoms with Crippen LogP contribution in [-0.2, 0) is 9.82 Å². The van der Waals surface area contributed by atoms with Gasteiger partial charge >= 0.3 is 0 Å². The Hall–Kier alpha value is -0.110. The zero-order chi connectivity index (χ0) is 12.3. The normalized spacial score (nSPS) is 12.4. The Bertz CT molecular complexity index is 192. The minimum absolute atomic E-state index is 1.04. The predicted molar refractivity (Wildman–Crippen MR) is 80.7 cm³/mol. The lowest BCUT2D eigenvalue weighted by Gasteiger charge is -2.29. The van der Waals surface area contributed by atoms with Crippen LogP contribution in [0.1, 0.15) is 59.3 Å². The minimum atomic E-state index is -1.04. The van der Waals surface area contributed by atoms with Crippen molar-refractivity contribution in [2.45, 2.75) is 59.3 Å². The molecule has 2 heteroatoms. The molecule has 0 aromatic heterocycles. The fourth-order valence-electron chi connectivity index (χ4n) is 2.04. The number of hydrogen-bond donors (Lipinski definition) is 1. The molecule has 0 N–H and O–H groups in total. The van der Waals surface area contributed by atoms with Gasteiger partial charge in [0, 0.05) is 6.20 Å². The van der Waals surface area contributed by atoms with Crippen molar-refractivity contribution in [1.82, 2.24) is 0 Å². The van der Waals surface area contributed by atoms with Gasteiger partial charge in [-0.2, -0.15) is 9.82 Å². The summed E-state index contributed by atoms with van der Waals surface area (Å²) in [6.45, 7) is 10.7. The van der Waals surface area contributed by atoms with Gasteiger partial charge in [0.1, 0.15) is 0 Å². The zero-order valence-electron chi connectivity index (χ0n) is 11.5. The summed E-state index contributed by atoms with van der Waals surface area (Å²) < 4.78 is 4.84. The molecule has 0 aromatic carbocycles. The van der Waals surface area contributed by atoms with Gasteiger partial charge in [-0.15, -0.1) is 0 Å². The Kier molecular flexibility index (Phi) is 10.0. The number of unbranched alkanes of at least 4 members (excludes halogenated alkanes) is 3. The van der Waals surface area contributed by atoms with Crippen LogP contribution < -0.4 is 0 Å². The van der Waals surface area contributed by atoms with Crippen LogP contribution in [0.4, 0.5) is 0 Å². The first kappa shape index (κ1) is 15.9. The second kappa shape index (κ2) is 10.1. The predicted octanol–water partition coefficient (Wildman–Crippen LogP) is 4.60. The highest BCUT2D eigenvalue weighted by Gasteiger charge is 2.11. The molecule has 0 saturated carbocycles. The summed E-state index contributed by atoms with van der Waals surface area (Å²) >= 11 is 0. The lowest BCUT2D eigenvalue weighted by atomic mass is 10.4. The Morgan fingerprint density at radius 3 is 1.50 bits per heavy atom. The van der Waals surface area contributed by atoms with Crippen LogP contribution in [0.25, 0.3) is 0 Å². The topological polar surface area (TPSA) is 12.4 Å². The van der Waals surface area contributed by atoms with Gasteiger partial charge in [-0.25, -0.2) is 0 Å². The molecular weight excluding hydrogens is 214 g/mol. The third-order valence-corrected chi connectivity index (χ3v) is 7.21. The molecule has 0 rings (SSSR count). The molecule has 0 saturated heterocycles. The van der Waals surface area contributed by atoms with E-state index >= 15 is 0 Å². The quantitative estimate of drug-likeness (QED) is 0.540. The van der Waals surface area contributed by atoms with Gasteiger partial charge in [-0.3, -0.25) is 4.36 Å². The van der Waals surface area contributed by atoms with E-state index in [2.05, 4.69) is 27.4 Å². The number of thiol groups is 1. The van der Waals surface area contributed by atoms with E-state index in [9.17, 15) is 0 Å².